The van der Waals surface area contributed by atoms with Gasteiger partial charge in [0.15, 0.2) is 0 Å². The number of rotatable bonds is 5. The van der Waals surface area contributed by atoms with Gasteiger partial charge in [-0.1, -0.05) is 12.1 Å². The summed E-state index contributed by atoms with van der Waals surface area (Å²) in [6.45, 7) is 2.76. The minimum absolute atomic E-state index is 0.358. The first-order chi connectivity index (χ1) is 9.93. The van der Waals surface area contributed by atoms with Crippen molar-refractivity contribution in [3.8, 4) is 0 Å². The number of likely N-dealkylation sites (tertiary alicyclic amines) is 1. The van der Waals surface area contributed by atoms with Gasteiger partial charge in [-0.15, -0.1) is 0 Å². The van der Waals surface area contributed by atoms with Crippen molar-refractivity contribution in [2.24, 2.45) is 0 Å². The predicted molar refractivity (Wildman–Crippen MR) is 82.6 cm³/mol. The van der Waals surface area contributed by atoms with E-state index in [0.717, 1.165) is 38.0 Å². The summed E-state index contributed by atoms with van der Waals surface area (Å²) in [5, 5.41) is 0. The molecule has 1 heterocycles. The van der Waals surface area contributed by atoms with Gasteiger partial charge in [-0.3, -0.25) is 4.90 Å². The Morgan fingerprint density at radius 1 is 1.29 bits per heavy atom. The Kier molecular flexibility index (Phi) is 5.37. The summed E-state index contributed by atoms with van der Waals surface area (Å²) < 4.78 is 30.9. The molecule has 1 aromatic rings. The van der Waals surface area contributed by atoms with Crippen molar-refractivity contribution in [1.82, 2.24) is 9.21 Å². The average molecular weight is 312 g/mol. The zero-order chi connectivity index (χ0) is 15.5. The molecule has 0 radical (unpaired) electrons. The second-order valence-corrected chi connectivity index (χ2v) is 7.80. The summed E-state index contributed by atoms with van der Waals surface area (Å²) >= 11 is 0. The van der Waals surface area contributed by atoms with Crippen LogP contribution in [-0.2, 0) is 21.3 Å². The first kappa shape index (κ1) is 16.4. The van der Waals surface area contributed by atoms with E-state index in [9.17, 15) is 8.42 Å². The van der Waals surface area contributed by atoms with Crippen molar-refractivity contribution >= 4 is 10.0 Å². The molecule has 0 aliphatic carbocycles. The number of hydrogen-bond acceptors (Lipinski definition) is 4. The molecular formula is C15H24N2O3S. The van der Waals surface area contributed by atoms with E-state index >= 15 is 0 Å². The number of sulfonamides is 1. The van der Waals surface area contributed by atoms with Gasteiger partial charge in [0.2, 0.25) is 10.0 Å². The van der Waals surface area contributed by atoms with Gasteiger partial charge in [0.1, 0.15) is 0 Å². The van der Waals surface area contributed by atoms with Gasteiger partial charge in [-0.05, 0) is 30.5 Å². The Hall–Kier alpha value is -0.950. The largest absolute Gasteiger partial charge is 0.381 e. The normalized spacial score (nSPS) is 18.3. The van der Waals surface area contributed by atoms with Gasteiger partial charge in [-0.25, -0.2) is 12.7 Å². The van der Waals surface area contributed by atoms with Crippen molar-refractivity contribution in [3.63, 3.8) is 0 Å². The van der Waals surface area contributed by atoms with Gasteiger partial charge in [0, 0.05) is 40.8 Å². The zero-order valence-corrected chi connectivity index (χ0v) is 13.8. The molecule has 1 aromatic carbocycles. The van der Waals surface area contributed by atoms with E-state index in [1.54, 1.807) is 33.3 Å². The first-order valence-corrected chi connectivity index (χ1v) is 8.64. The van der Waals surface area contributed by atoms with Gasteiger partial charge in [-0.2, -0.15) is 0 Å². The van der Waals surface area contributed by atoms with E-state index in [4.69, 9.17) is 4.74 Å². The number of ether oxygens (including phenoxy) is 1. The molecule has 0 N–H and O–H groups in total. The topological polar surface area (TPSA) is 49.9 Å². The number of piperidine rings is 1. The van der Waals surface area contributed by atoms with Crippen molar-refractivity contribution in [3.05, 3.63) is 29.8 Å². The van der Waals surface area contributed by atoms with Crippen LogP contribution in [0.1, 0.15) is 18.4 Å². The zero-order valence-electron chi connectivity index (χ0n) is 12.9. The molecule has 6 heteroatoms. The Morgan fingerprint density at radius 3 is 2.52 bits per heavy atom. The Balaban J connectivity index is 2.06. The maximum absolute atomic E-state index is 12.2. The average Bonchev–Trinajstić information content (AvgIpc) is 2.48. The molecule has 21 heavy (non-hydrogen) atoms. The van der Waals surface area contributed by atoms with Gasteiger partial charge in [0.05, 0.1) is 11.0 Å². The van der Waals surface area contributed by atoms with Gasteiger partial charge >= 0.3 is 0 Å². The molecule has 0 spiro atoms. The van der Waals surface area contributed by atoms with Crippen LogP contribution in [0.15, 0.2) is 29.2 Å². The summed E-state index contributed by atoms with van der Waals surface area (Å²) in [6, 6.07) is 7.22. The molecule has 0 amide bonds. The van der Waals surface area contributed by atoms with Crippen LogP contribution >= 0.6 is 0 Å². The SMILES string of the molecule is COC1CCN(Cc2cccc(S(=O)(=O)N(C)C)c2)CC1. The third-order valence-electron chi connectivity index (χ3n) is 3.95. The van der Waals surface area contributed by atoms with E-state index in [2.05, 4.69) is 4.90 Å². The fourth-order valence-electron chi connectivity index (χ4n) is 2.58. The second-order valence-electron chi connectivity index (χ2n) is 5.65. The molecule has 2 rings (SSSR count). The van der Waals surface area contributed by atoms with Crippen LogP contribution in [0.3, 0.4) is 0 Å². The van der Waals surface area contributed by atoms with E-state index in [1.165, 1.54) is 4.31 Å². The molecule has 118 valence electrons. The third kappa shape index (κ3) is 4.03. The van der Waals surface area contributed by atoms with E-state index < -0.39 is 10.0 Å². The molecule has 0 saturated carbocycles. The number of nitrogens with zero attached hydrogens (tertiary/aromatic N) is 2. The van der Waals surface area contributed by atoms with E-state index in [0.29, 0.717) is 11.0 Å². The Labute approximate surface area is 127 Å². The summed E-state index contributed by atoms with van der Waals surface area (Å²) in [7, 11) is 1.51. The lowest BCUT2D eigenvalue weighted by Gasteiger charge is -2.31. The molecule has 0 atom stereocenters. The smallest absolute Gasteiger partial charge is 0.242 e. The van der Waals surface area contributed by atoms with Crippen LogP contribution in [0.25, 0.3) is 0 Å². The maximum atomic E-state index is 12.2. The molecule has 0 unspecified atom stereocenters. The summed E-state index contributed by atoms with van der Waals surface area (Å²) in [6.07, 6.45) is 2.43. The molecule has 5 nitrogen and oxygen atoms in total. The maximum Gasteiger partial charge on any atom is 0.242 e. The highest BCUT2D eigenvalue weighted by atomic mass is 32.2. The second kappa shape index (κ2) is 6.87. The minimum atomic E-state index is -3.36. The highest BCUT2D eigenvalue weighted by Gasteiger charge is 2.20. The lowest BCUT2D eigenvalue weighted by atomic mass is 10.1. The highest BCUT2D eigenvalue weighted by molar-refractivity contribution is 7.89. The fraction of sp³-hybridized carbons (Fsp3) is 0.600. The monoisotopic (exact) mass is 312 g/mol. The molecule has 1 fully saturated rings. The van der Waals surface area contributed by atoms with Crippen LogP contribution in [0.2, 0.25) is 0 Å². The number of benzene rings is 1. The Morgan fingerprint density at radius 2 is 1.95 bits per heavy atom. The lowest BCUT2D eigenvalue weighted by Crippen LogP contribution is -2.36. The summed E-state index contributed by atoms with van der Waals surface area (Å²) in [5.74, 6) is 0. The Bertz CT molecular complexity index is 564. The van der Waals surface area contributed by atoms with Gasteiger partial charge < -0.3 is 4.74 Å². The van der Waals surface area contributed by atoms with Crippen LogP contribution in [0.4, 0.5) is 0 Å². The predicted octanol–water partition coefficient (Wildman–Crippen LogP) is 1.55. The van der Waals surface area contributed by atoms with Crippen molar-refractivity contribution < 1.29 is 13.2 Å². The first-order valence-electron chi connectivity index (χ1n) is 7.20. The minimum Gasteiger partial charge on any atom is -0.381 e. The molecule has 1 aliphatic heterocycles. The summed E-state index contributed by atoms with van der Waals surface area (Å²) in [5.41, 5.74) is 1.04. The highest BCUT2D eigenvalue weighted by Crippen LogP contribution is 2.19. The van der Waals surface area contributed by atoms with Crippen LogP contribution in [0, 0.1) is 0 Å². The molecule has 1 aliphatic rings. The van der Waals surface area contributed by atoms with Crippen LogP contribution < -0.4 is 0 Å². The van der Waals surface area contributed by atoms with E-state index in [-0.39, 0.29) is 0 Å². The molecule has 0 bridgehead atoms. The van der Waals surface area contributed by atoms with Crippen molar-refractivity contribution in [2.75, 3.05) is 34.3 Å². The van der Waals surface area contributed by atoms with E-state index in [1.807, 2.05) is 12.1 Å². The molecule has 0 aromatic heterocycles. The van der Waals surface area contributed by atoms with Crippen molar-refractivity contribution in [1.29, 1.82) is 0 Å². The fourth-order valence-corrected chi connectivity index (χ4v) is 3.55. The number of hydrogen-bond donors (Lipinski definition) is 0. The summed E-state index contributed by atoms with van der Waals surface area (Å²) in [4.78, 5) is 2.70. The molecular weight excluding hydrogens is 288 g/mol. The molecule has 1 saturated heterocycles. The standard InChI is InChI=1S/C15H24N2O3S/c1-16(2)21(18,19)15-6-4-5-13(11-15)12-17-9-7-14(20-3)8-10-17/h4-6,11,14H,7-10,12H2,1-3H3. The quantitative estimate of drug-likeness (QED) is 0.828. The lowest BCUT2D eigenvalue weighted by molar-refractivity contribution is 0.0388. The van der Waals surface area contributed by atoms with Crippen LogP contribution in [0.5, 0.6) is 0 Å². The third-order valence-corrected chi connectivity index (χ3v) is 5.76. The number of methoxy groups -OCH3 is 1. The van der Waals surface area contributed by atoms with Gasteiger partial charge in [0.25, 0.3) is 0 Å². The van der Waals surface area contributed by atoms with Crippen molar-refractivity contribution in [2.45, 2.75) is 30.4 Å². The van der Waals surface area contributed by atoms with Crippen LogP contribution in [-0.4, -0.2) is 58.0 Å².